The van der Waals surface area contributed by atoms with Gasteiger partial charge in [0.25, 0.3) is 0 Å². The summed E-state index contributed by atoms with van der Waals surface area (Å²) in [4.78, 5) is 12.1. The summed E-state index contributed by atoms with van der Waals surface area (Å²) in [5.41, 5.74) is 2.66. The van der Waals surface area contributed by atoms with E-state index in [-0.39, 0.29) is 12.3 Å². The first-order valence-corrected chi connectivity index (χ1v) is 9.18. The van der Waals surface area contributed by atoms with Gasteiger partial charge >= 0.3 is 0 Å². The van der Waals surface area contributed by atoms with Crippen LogP contribution in [0.3, 0.4) is 0 Å². The first kappa shape index (κ1) is 19.5. The quantitative estimate of drug-likeness (QED) is 0.574. The fourth-order valence-electron chi connectivity index (χ4n) is 2.91. The van der Waals surface area contributed by atoms with E-state index < -0.39 is 0 Å². The number of carbonyl (C=O) groups is 1. The Labute approximate surface area is 164 Å². The summed E-state index contributed by atoms with van der Waals surface area (Å²) in [5.74, 6) is 1.75. The van der Waals surface area contributed by atoms with Crippen LogP contribution in [0.25, 0.3) is 11.3 Å². The number of nitrogens with one attached hydrogen (secondary N) is 1. The zero-order valence-corrected chi connectivity index (χ0v) is 16.1. The molecule has 1 amide bonds. The molecule has 0 unspecified atom stereocenters. The van der Waals surface area contributed by atoms with Gasteiger partial charge < -0.3 is 19.3 Å². The van der Waals surface area contributed by atoms with Crippen LogP contribution < -0.4 is 14.8 Å². The second-order valence-electron chi connectivity index (χ2n) is 6.37. The number of ether oxygens (including phenoxy) is 2. The lowest BCUT2D eigenvalue weighted by Crippen LogP contribution is -2.26. The molecule has 1 aromatic heterocycles. The van der Waals surface area contributed by atoms with Crippen molar-refractivity contribution >= 4 is 5.91 Å². The van der Waals surface area contributed by atoms with Gasteiger partial charge in [-0.1, -0.05) is 35.5 Å². The van der Waals surface area contributed by atoms with Crippen LogP contribution in [0.1, 0.15) is 17.7 Å². The van der Waals surface area contributed by atoms with Crippen LogP contribution in [-0.2, 0) is 17.6 Å². The molecule has 2 aromatic carbocycles. The number of methoxy groups -OCH3 is 2. The number of carbonyl (C=O) groups excluding carboxylic acids is 1. The Hall–Kier alpha value is -3.28. The predicted molar refractivity (Wildman–Crippen MR) is 107 cm³/mol. The van der Waals surface area contributed by atoms with E-state index >= 15 is 0 Å². The number of amides is 1. The predicted octanol–water partition coefficient (Wildman–Crippen LogP) is 3.65. The Morgan fingerprint density at radius 1 is 1.04 bits per heavy atom. The van der Waals surface area contributed by atoms with Crippen molar-refractivity contribution in [2.24, 2.45) is 0 Å². The second kappa shape index (κ2) is 9.60. The third kappa shape index (κ3) is 5.13. The molecule has 6 nitrogen and oxygen atoms in total. The molecule has 0 atom stereocenters. The minimum atomic E-state index is -0.0692. The highest BCUT2D eigenvalue weighted by atomic mass is 16.5. The molecular weight excluding hydrogens is 356 g/mol. The van der Waals surface area contributed by atoms with Gasteiger partial charge in [-0.05, 0) is 36.6 Å². The smallest absolute Gasteiger partial charge is 0.226 e. The molecule has 0 fully saturated rings. The zero-order valence-electron chi connectivity index (χ0n) is 16.1. The van der Waals surface area contributed by atoms with E-state index in [0.29, 0.717) is 29.5 Å². The fourth-order valence-corrected chi connectivity index (χ4v) is 2.91. The zero-order chi connectivity index (χ0) is 19.8. The highest BCUT2D eigenvalue weighted by molar-refractivity contribution is 5.78. The molecule has 28 heavy (non-hydrogen) atoms. The van der Waals surface area contributed by atoms with Gasteiger partial charge in [-0.3, -0.25) is 4.79 Å². The number of aryl methyl sites for hydroxylation is 1. The van der Waals surface area contributed by atoms with Crippen molar-refractivity contribution in [2.75, 3.05) is 20.8 Å². The second-order valence-corrected chi connectivity index (χ2v) is 6.37. The Kier molecular flexibility index (Phi) is 6.68. The molecule has 0 aliphatic heterocycles. The van der Waals surface area contributed by atoms with Gasteiger partial charge in [0.05, 0.1) is 26.3 Å². The van der Waals surface area contributed by atoms with Gasteiger partial charge in [0, 0.05) is 18.2 Å². The topological polar surface area (TPSA) is 73.6 Å². The van der Waals surface area contributed by atoms with Gasteiger partial charge in [0.2, 0.25) is 5.91 Å². The Morgan fingerprint density at radius 3 is 2.57 bits per heavy atom. The van der Waals surface area contributed by atoms with E-state index in [9.17, 15) is 4.79 Å². The van der Waals surface area contributed by atoms with E-state index in [1.807, 2.05) is 30.3 Å². The number of benzene rings is 2. The molecule has 0 saturated carbocycles. The number of nitrogens with zero attached hydrogens (tertiary/aromatic N) is 1. The lowest BCUT2D eigenvalue weighted by atomic mass is 10.1. The minimum absolute atomic E-state index is 0.0692. The third-order valence-corrected chi connectivity index (χ3v) is 4.38. The summed E-state index contributed by atoms with van der Waals surface area (Å²) in [5, 5.41) is 6.93. The summed E-state index contributed by atoms with van der Waals surface area (Å²) < 4.78 is 15.9. The molecule has 3 rings (SSSR count). The highest BCUT2D eigenvalue weighted by Crippen LogP contribution is 2.32. The minimum Gasteiger partial charge on any atom is -0.493 e. The lowest BCUT2D eigenvalue weighted by Gasteiger charge is -2.07. The maximum Gasteiger partial charge on any atom is 0.226 e. The molecule has 1 heterocycles. The van der Waals surface area contributed by atoms with Crippen LogP contribution in [0.15, 0.2) is 59.1 Å². The van der Waals surface area contributed by atoms with Crippen molar-refractivity contribution in [3.63, 3.8) is 0 Å². The molecule has 1 N–H and O–H groups in total. The van der Waals surface area contributed by atoms with Crippen molar-refractivity contribution in [1.29, 1.82) is 0 Å². The van der Waals surface area contributed by atoms with Gasteiger partial charge in [0.15, 0.2) is 17.3 Å². The van der Waals surface area contributed by atoms with Gasteiger partial charge in [-0.25, -0.2) is 0 Å². The maximum atomic E-state index is 12.1. The largest absolute Gasteiger partial charge is 0.493 e. The molecule has 0 aliphatic rings. The number of rotatable bonds is 9. The summed E-state index contributed by atoms with van der Waals surface area (Å²) >= 11 is 0. The number of hydrogen-bond acceptors (Lipinski definition) is 5. The molecule has 0 bridgehead atoms. The van der Waals surface area contributed by atoms with E-state index in [1.54, 1.807) is 26.4 Å². The van der Waals surface area contributed by atoms with Crippen molar-refractivity contribution in [3.8, 4) is 22.8 Å². The summed E-state index contributed by atoms with van der Waals surface area (Å²) in [6.07, 6.45) is 2.02. The third-order valence-electron chi connectivity index (χ3n) is 4.38. The first-order chi connectivity index (χ1) is 13.7. The van der Waals surface area contributed by atoms with Crippen molar-refractivity contribution in [2.45, 2.75) is 19.3 Å². The monoisotopic (exact) mass is 380 g/mol. The fraction of sp³-hybridized carbons (Fsp3) is 0.273. The van der Waals surface area contributed by atoms with Crippen LogP contribution in [0.2, 0.25) is 0 Å². The molecule has 146 valence electrons. The molecule has 6 heteroatoms. The summed E-state index contributed by atoms with van der Waals surface area (Å²) in [6, 6.07) is 17.5. The van der Waals surface area contributed by atoms with E-state index in [4.69, 9.17) is 14.0 Å². The Bertz CT molecular complexity index is 906. The maximum absolute atomic E-state index is 12.1. The van der Waals surface area contributed by atoms with Crippen molar-refractivity contribution < 1.29 is 18.8 Å². The lowest BCUT2D eigenvalue weighted by molar-refractivity contribution is -0.120. The molecule has 0 radical (unpaired) electrons. The highest BCUT2D eigenvalue weighted by Gasteiger charge is 2.13. The van der Waals surface area contributed by atoms with Gasteiger partial charge in [-0.15, -0.1) is 0 Å². The molecule has 3 aromatic rings. The van der Waals surface area contributed by atoms with Crippen LogP contribution in [0.5, 0.6) is 11.5 Å². The van der Waals surface area contributed by atoms with Crippen molar-refractivity contribution in [1.82, 2.24) is 10.5 Å². The SMILES string of the molecule is COc1ccc(-c2cc(CC(=O)NCCCc3ccccc3)no2)cc1OC. The number of aromatic nitrogens is 1. The molecule has 0 saturated heterocycles. The molecular formula is C22H24N2O4. The van der Waals surface area contributed by atoms with E-state index in [0.717, 1.165) is 18.4 Å². The standard InChI is InChI=1S/C22H24N2O4/c1-26-19-11-10-17(13-21(19)27-2)20-14-18(24-28-20)15-22(25)23-12-6-9-16-7-4-3-5-8-16/h3-5,7-8,10-11,13-14H,6,9,12,15H2,1-2H3,(H,23,25). The summed E-state index contributed by atoms with van der Waals surface area (Å²) in [7, 11) is 3.16. The van der Waals surface area contributed by atoms with Crippen LogP contribution in [0, 0.1) is 0 Å². The average Bonchev–Trinajstić information content (AvgIpc) is 3.19. The normalized spacial score (nSPS) is 10.5. The van der Waals surface area contributed by atoms with Gasteiger partial charge in [0.1, 0.15) is 0 Å². The molecule has 0 aliphatic carbocycles. The van der Waals surface area contributed by atoms with Crippen molar-refractivity contribution in [3.05, 3.63) is 65.9 Å². The van der Waals surface area contributed by atoms with Gasteiger partial charge in [-0.2, -0.15) is 0 Å². The Morgan fingerprint density at radius 2 is 1.82 bits per heavy atom. The van der Waals surface area contributed by atoms with Crippen LogP contribution >= 0.6 is 0 Å². The van der Waals surface area contributed by atoms with E-state index in [1.165, 1.54) is 5.56 Å². The molecule has 0 spiro atoms. The average molecular weight is 380 g/mol. The first-order valence-electron chi connectivity index (χ1n) is 9.18. The van der Waals surface area contributed by atoms with E-state index in [2.05, 4.69) is 22.6 Å². The van der Waals surface area contributed by atoms with Crippen LogP contribution in [-0.4, -0.2) is 31.8 Å². The summed E-state index contributed by atoms with van der Waals surface area (Å²) in [6.45, 7) is 0.633. The Balaban J connectivity index is 1.50. The van der Waals surface area contributed by atoms with Crippen LogP contribution in [0.4, 0.5) is 0 Å². The number of hydrogen-bond donors (Lipinski definition) is 1.